The van der Waals surface area contributed by atoms with E-state index in [1.807, 2.05) is 38.1 Å². The number of para-hydroxylation sites is 1. The first kappa shape index (κ1) is 23.3. The molecule has 0 saturated carbocycles. The Labute approximate surface area is 193 Å². The zero-order chi connectivity index (χ0) is 23.8. The molecule has 178 valence electrons. The van der Waals surface area contributed by atoms with Crippen molar-refractivity contribution in [1.82, 2.24) is 14.8 Å². The predicted octanol–water partition coefficient (Wildman–Crippen LogP) is 3.71. The average Bonchev–Trinajstić information content (AvgIpc) is 3.38. The Kier molecular flexibility index (Phi) is 6.49. The summed E-state index contributed by atoms with van der Waals surface area (Å²) >= 11 is 0. The fraction of sp³-hybridized carbons (Fsp3) is 0.478. The molecule has 2 atom stereocenters. The number of furan rings is 1. The number of nitrogens with zero attached hydrogens (tertiary/aromatic N) is 2. The molecule has 0 aliphatic carbocycles. The molecule has 1 amide bonds. The molecule has 4 rings (SSSR count). The number of fused-ring (bicyclic) bond motifs is 1. The second-order valence-electron chi connectivity index (χ2n) is 8.34. The normalized spacial score (nSPS) is 18.4. The minimum atomic E-state index is -3.79. The molecule has 2 aromatic heterocycles. The van der Waals surface area contributed by atoms with Crippen LogP contribution in [0.4, 0.5) is 0 Å². The van der Waals surface area contributed by atoms with E-state index in [1.54, 1.807) is 13.8 Å². The second-order valence-corrected chi connectivity index (χ2v) is 10.2. The molecule has 1 fully saturated rings. The number of ether oxygens (including phenoxy) is 1. The van der Waals surface area contributed by atoms with Gasteiger partial charge in [0, 0.05) is 18.5 Å². The van der Waals surface area contributed by atoms with E-state index in [0.29, 0.717) is 48.8 Å². The summed E-state index contributed by atoms with van der Waals surface area (Å²) in [5, 5.41) is 7.64. The molecule has 0 spiro atoms. The number of hydrogen-bond acceptors (Lipinski definition) is 7. The number of hydrogen-bond donors (Lipinski definition) is 1. The smallest absolute Gasteiger partial charge is 0.248 e. The van der Waals surface area contributed by atoms with Crippen molar-refractivity contribution in [2.45, 2.75) is 51.5 Å². The van der Waals surface area contributed by atoms with E-state index in [-0.39, 0.29) is 29.1 Å². The first-order valence-corrected chi connectivity index (χ1v) is 12.5. The molecule has 3 heterocycles. The molecule has 0 bridgehead atoms. The highest BCUT2D eigenvalue weighted by Crippen LogP contribution is 2.32. The Morgan fingerprint density at radius 2 is 2.15 bits per heavy atom. The van der Waals surface area contributed by atoms with Gasteiger partial charge < -0.3 is 19.0 Å². The SMILES string of the molecule is CCOc1cccc2cc(C(C)NC(=O)C3CCCN(S(=O)(=O)c4c(C)noc4C)C3)oc12. The van der Waals surface area contributed by atoms with Gasteiger partial charge in [-0.15, -0.1) is 0 Å². The Hall–Kier alpha value is -2.85. The van der Waals surface area contributed by atoms with Crippen molar-refractivity contribution in [2.75, 3.05) is 19.7 Å². The molecule has 33 heavy (non-hydrogen) atoms. The summed E-state index contributed by atoms with van der Waals surface area (Å²) in [7, 11) is -3.79. The first-order valence-electron chi connectivity index (χ1n) is 11.1. The second kappa shape index (κ2) is 9.18. The molecule has 0 radical (unpaired) electrons. The molecule has 9 nitrogen and oxygen atoms in total. The van der Waals surface area contributed by atoms with Crippen LogP contribution in [0.5, 0.6) is 5.75 Å². The van der Waals surface area contributed by atoms with Crippen LogP contribution < -0.4 is 10.1 Å². The van der Waals surface area contributed by atoms with E-state index >= 15 is 0 Å². The van der Waals surface area contributed by atoms with E-state index in [0.717, 1.165) is 5.39 Å². The van der Waals surface area contributed by atoms with Gasteiger partial charge in [-0.2, -0.15) is 4.31 Å². The molecule has 1 N–H and O–H groups in total. The van der Waals surface area contributed by atoms with Crippen LogP contribution >= 0.6 is 0 Å². The van der Waals surface area contributed by atoms with Crippen LogP contribution in [-0.2, 0) is 14.8 Å². The van der Waals surface area contributed by atoms with Gasteiger partial charge in [-0.25, -0.2) is 8.42 Å². The predicted molar refractivity (Wildman–Crippen MR) is 121 cm³/mol. The highest BCUT2D eigenvalue weighted by Gasteiger charge is 2.36. The van der Waals surface area contributed by atoms with Crippen molar-refractivity contribution < 1.29 is 26.9 Å². The van der Waals surface area contributed by atoms with Crippen molar-refractivity contribution in [3.8, 4) is 5.75 Å². The minimum Gasteiger partial charge on any atom is -0.490 e. The Morgan fingerprint density at radius 1 is 1.36 bits per heavy atom. The first-order chi connectivity index (χ1) is 15.7. The summed E-state index contributed by atoms with van der Waals surface area (Å²) in [6, 6.07) is 7.18. The Balaban J connectivity index is 1.47. The lowest BCUT2D eigenvalue weighted by molar-refractivity contribution is -0.126. The van der Waals surface area contributed by atoms with Crippen molar-refractivity contribution in [2.24, 2.45) is 5.92 Å². The lowest BCUT2D eigenvalue weighted by Crippen LogP contribution is -2.45. The summed E-state index contributed by atoms with van der Waals surface area (Å²) < 4.78 is 44.3. The molecule has 1 aromatic carbocycles. The molecule has 2 unspecified atom stereocenters. The van der Waals surface area contributed by atoms with Crippen molar-refractivity contribution >= 4 is 26.9 Å². The number of nitrogens with one attached hydrogen (secondary N) is 1. The van der Waals surface area contributed by atoms with Crippen molar-refractivity contribution in [3.63, 3.8) is 0 Å². The van der Waals surface area contributed by atoms with Crippen LogP contribution in [-0.4, -0.2) is 43.5 Å². The maximum atomic E-state index is 13.2. The molecule has 1 saturated heterocycles. The number of amides is 1. The summed E-state index contributed by atoms with van der Waals surface area (Å²) in [6.45, 7) is 7.92. The van der Waals surface area contributed by atoms with E-state index in [2.05, 4.69) is 10.5 Å². The zero-order valence-corrected chi connectivity index (χ0v) is 20.1. The monoisotopic (exact) mass is 475 g/mol. The summed E-state index contributed by atoms with van der Waals surface area (Å²) in [5.41, 5.74) is 0.967. The number of carbonyl (C=O) groups is 1. The van der Waals surface area contributed by atoms with E-state index in [1.165, 1.54) is 4.31 Å². The third-order valence-electron chi connectivity index (χ3n) is 5.93. The number of sulfonamides is 1. The number of benzene rings is 1. The van der Waals surface area contributed by atoms with Crippen LogP contribution in [0.25, 0.3) is 11.0 Å². The maximum absolute atomic E-state index is 13.2. The minimum absolute atomic E-state index is 0.0873. The van der Waals surface area contributed by atoms with E-state index in [4.69, 9.17) is 13.7 Å². The van der Waals surface area contributed by atoms with Gasteiger partial charge in [0.2, 0.25) is 15.9 Å². The van der Waals surface area contributed by atoms with E-state index < -0.39 is 15.9 Å². The number of piperidine rings is 1. The van der Waals surface area contributed by atoms with Crippen molar-refractivity contribution in [1.29, 1.82) is 0 Å². The van der Waals surface area contributed by atoms with Crippen LogP contribution in [0.3, 0.4) is 0 Å². The summed E-state index contributed by atoms with van der Waals surface area (Å²) in [5.74, 6) is 0.865. The average molecular weight is 476 g/mol. The lowest BCUT2D eigenvalue weighted by atomic mass is 9.98. The molecular formula is C23H29N3O6S. The highest BCUT2D eigenvalue weighted by atomic mass is 32.2. The molecule has 1 aliphatic rings. The number of aryl methyl sites for hydroxylation is 2. The van der Waals surface area contributed by atoms with Crippen LogP contribution in [0.1, 0.15) is 49.9 Å². The van der Waals surface area contributed by atoms with Crippen LogP contribution in [0.15, 0.2) is 38.1 Å². The van der Waals surface area contributed by atoms with Gasteiger partial charge in [0.1, 0.15) is 16.3 Å². The van der Waals surface area contributed by atoms with Gasteiger partial charge in [-0.3, -0.25) is 4.79 Å². The number of rotatable bonds is 7. The third-order valence-corrected chi connectivity index (χ3v) is 8.04. The molecule has 3 aromatic rings. The fourth-order valence-corrected chi connectivity index (χ4v) is 6.10. The quantitative estimate of drug-likeness (QED) is 0.554. The Morgan fingerprint density at radius 3 is 2.85 bits per heavy atom. The van der Waals surface area contributed by atoms with Gasteiger partial charge in [0.25, 0.3) is 0 Å². The fourth-order valence-electron chi connectivity index (χ4n) is 4.29. The third kappa shape index (κ3) is 4.49. The summed E-state index contributed by atoms with van der Waals surface area (Å²) in [6.07, 6.45) is 1.21. The lowest BCUT2D eigenvalue weighted by Gasteiger charge is -2.31. The number of aromatic nitrogens is 1. The maximum Gasteiger partial charge on any atom is 0.248 e. The molecule has 1 aliphatic heterocycles. The Bertz CT molecular complexity index is 1240. The van der Waals surface area contributed by atoms with Crippen LogP contribution in [0.2, 0.25) is 0 Å². The van der Waals surface area contributed by atoms with Gasteiger partial charge in [0.05, 0.1) is 18.6 Å². The molecule has 10 heteroatoms. The summed E-state index contributed by atoms with van der Waals surface area (Å²) in [4.78, 5) is 13.1. The van der Waals surface area contributed by atoms with Crippen molar-refractivity contribution in [3.05, 3.63) is 41.5 Å². The highest BCUT2D eigenvalue weighted by molar-refractivity contribution is 7.89. The van der Waals surface area contributed by atoms with E-state index in [9.17, 15) is 13.2 Å². The number of carbonyl (C=O) groups excluding carboxylic acids is 1. The van der Waals surface area contributed by atoms with Crippen LogP contribution in [0, 0.1) is 19.8 Å². The standard InChI is InChI=1S/C23H29N3O6S/c1-5-30-19-10-6-8-17-12-20(31-21(17)19)14(2)24-23(27)18-9-7-11-26(13-18)33(28,29)22-15(3)25-32-16(22)4/h6,8,10,12,14,18H,5,7,9,11,13H2,1-4H3,(H,24,27). The largest absolute Gasteiger partial charge is 0.490 e. The van der Waals surface area contributed by atoms with Gasteiger partial charge in [0.15, 0.2) is 17.1 Å². The molecular weight excluding hydrogens is 446 g/mol. The zero-order valence-electron chi connectivity index (χ0n) is 19.3. The van der Waals surface area contributed by atoms with Gasteiger partial charge >= 0.3 is 0 Å². The van der Waals surface area contributed by atoms with Gasteiger partial charge in [-0.1, -0.05) is 17.3 Å². The topological polar surface area (TPSA) is 115 Å². The van der Waals surface area contributed by atoms with Gasteiger partial charge in [-0.05, 0) is 52.7 Å².